The van der Waals surface area contributed by atoms with Crippen molar-refractivity contribution in [2.45, 2.75) is 6.54 Å². The molecule has 2 heterocycles. The quantitative estimate of drug-likeness (QED) is 0.498. The Kier molecular flexibility index (Phi) is 4.33. The van der Waals surface area contributed by atoms with Gasteiger partial charge in [0, 0.05) is 11.3 Å². The van der Waals surface area contributed by atoms with Crippen LogP contribution in [0.1, 0.15) is 0 Å². The molecule has 5 rings (SSSR count). The van der Waals surface area contributed by atoms with Gasteiger partial charge in [0.2, 0.25) is 11.8 Å². The normalized spacial score (nSPS) is 11.1. The van der Waals surface area contributed by atoms with E-state index in [-0.39, 0.29) is 18.0 Å². The number of nitrogens with zero attached hydrogens (tertiary/aromatic N) is 3. The number of rotatable bonds is 4. The molecule has 0 atom stereocenters. The molecule has 0 spiro atoms. The minimum Gasteiger partial charge on any atom is -0.436 e. The van der Waals surface area contributed by atoms with Crippen LogP contribution in [-0.2, 0) is 11.3 Å². The van der Waals surface area contributed by atoms with Crippen molar-refractivity contribution in [2.24, 2.45) is 0 Å². The molecule has 0 unspecified atom stereocenters. The first-order chi connectivity index (χ1) is 14.7. The third-order valence-electron chi connectivity index (χ3n) is 4.76. The van der Waals surface area contributed by atoms with Crippen LogP contribution in [0.25, 0.3) is 33.6 Å². The van der Waals surface area contributed by atoms with E-state index in [1.807, 2.05) is 48.5 Å². The summed E-state index contributed by atoms with van der Waals surface area (Å²) in [6, 6.07) is 22.0. The lowest BCUT2D eigenvalue weighted by Gasteiger charge is -2.10. The molecule has 2 aromatic heterocycles. The fourth-order valence-electron chi connectivity index (χ4n) is 3.31. The summed E-state index contributed by atoms with van der Waals surface area (Å²) in [5, 5.41) is 2.82. The van der Waals surface area contributed by atoms with Crippen LogP contribution >= 0.6 is 0 Å². The largest absolute Gasteiger partial charge is 0.436 e. The Hall–Kier alpha value is -4.26. The van der Waals surface area contributed by atoms with E-state index in [1.54, 1.807) is 24.3 Å². The molecular formula is C23H16N4O3. The Bertz CT molecular complexity index is 1400. The third kappa shape index (κ3) is 3.33. The number of anilines is 1. The number of carbonyl (C=O) groups excluding carboxylic acids is 1. The van der Waals surface area contributed by atoms with Crippen LogP contribution in [0.4, 0.5) is 5.69 Å². The molecule has 3 aromatic carbocycles. The van der Waals surface area contributed by atoms with Gasteiger partial charge in [0.15, 0.2) is 5.58 Å². The fraction of sp³-hybridized carbons (Fsp3) is 0.0435. The molecule has 0 fully saturated rings. The van der Waals surface area contributed by atoms with Crippen molar-refractivity contribution < 1.29 is 9.21 Å². The molecule has 5 aromatic rings. The lowest BCUT2D eigenvalue weighted by atomic mass is 10.2. The number of aromatic nitrogens is 3. The number of oxazole rings is 1. The Morgan fingerprint density at radius 2 is 1.67 bits per heavy atom. The van der Waals surface area contributed by atoms with Gasteiger partial charge in [0.05, 0.1) is 17.2 Å². The Morgan fingerprint density at radius 1 is 0.933 bits per heavy atom. The first-order valence-corrected chi connectivity index (χ1v) is 9.38. The molecule has 7 nitrogen and oxygen atoms in total. The second-order valence-electron chi connectivity index (χ2n) is 6.78. The third-order valence-corrected chi connectivity index (χ3v) is 4.76. The SMILES string of the molecule is O=C(Cn1c(=O)cnc2ccccc21)Nc1ccc(-c2nc3ccccc3o2)cc1. The summed E-state index contributed by atoms with van der Waals surface area (Å²) >= 11 is 0. The monoisotopic (exact) mass is 396 g/mol. The zero-order valence-corrected chi connectivity index (χ0v) is 15.8. The zero-order valence-electron chi connectivity index (χ0n) is 15.8. The van der Waals surface area contributed by atoms with Crippen molar-refractivity contribution >= 4 is 33.7 Å². The lowest BCUT2D eigenvalue weighted by Crippen LogP contribution is -2.27. The van der Waals surface area contributed by atoms with Crippen LogP contribution in [0.3, 0.4) is 0 Å². The highest BCUT2D eigenvalue weighted by atomic mass is 16.3. The zero-order chi connectivity index (χ0) is 20.5. The van der Waals surface area contributed by atoms with Crippen molar-refractivity contribution in [3.8, 4) is 11.5 Å². The molecule has 146 valence electrons. The molecule has 0 aliphatic heterocycles. The second-order valence-corrected chi connectivity index (χ2v) is 6.78. The van der Waals surface area contributed by atoms with Gasteiger partial charge in [-0.1, -0.05) is 24.3 Å². The summed E-state index contributed by atoms with van der Waals surface area (Å²) < 4.78 is 7.17. The first kappa shape index (κ1) is 17.8. The summed E-state index contributed by atoms with van der Waals surface area (Å²) in [7, 11) is 0. The van der Waals surface area contributed by atoms with Crippen LogP contribution in [-0.4, -0.2) is 20.4 Å². The highest BCUT2D eigenvalue weighted by Crippen LogP contribution is 2.25. The maximum atomic E-state index is 12.5. The number of nitrogens with one attached hydrogen (secondary N) is 1. The Labute approximate surface area is 170 Å². The molecule has 7 heteroatoms. The Morgan fingerprint density at radius 3 is 2.47 bits per heavy atom. The van der Waals surface area contributed by atoms with Gasteiger partial charge < -0.3 is 9.73 Å². The average Bonchev–Trinajstić information content (AvgIpc) is 3.20. The summed E-state index contributed by atoms with van der Waals surface area (Å²) in [5.74, 6) is 0.215. The van der Waals surface area contributed by atoms with Gasteiger partial charge in [0.1, 0.15) is 12.1 Å². The maximum Gasteiger partial charge on any atom is 0.269 e. The molecule has 1 amide bonds. The maximum absolute atomic E-state index is 12.5. The number of fused-ring (bicyclic) bond motifs is 2. The summed E-state index contributed by atoms with van der Waals surface area (Å²) in [4.78, 5) is 33.3. The van der Waals surface area contributed by atoms with Crippen molar-refractivity contribution in [3.05, 3.63) is 89.3 Å². The molecule has 1 N–H and O–H groups in total. The van der Waals surface area contributed by atoms with E-state index in [1.165, 1.54) is 10.8 Å². The van der Waals surface area contributed by atoms with Gasteiger partial charge in [-0.3, -0.25) is 14.2 Å². The number of amides is 1. The minimum atomic E-state index is -0.324. The highest BCUT2D eigenvalue weighted by molar-refractivity contribution is 5.91. The van der Waals surface area contributed by atoms with Crippen molar-refractivity contribution in [3.63, 3.8) is 0 Å². The van der Waals surface area contributed by atoms with Crippen LogP contribution in [0, 0.1) is 0 Å². The van der Waals surface area contributed by atoms with E-state index in [2.05, 4.69) is 15.3 Å². The van der Waals surface area contributed by atoms with Gasteiger partial charge in [-0.05, 0) is 48.5 Å². The number of hydrogen-bond acceptors (Lipinski definition) is 5. The Balaban J connectivity index is 1.34. The van der Waals surface area contributed by atoms with E-state index in [0.717, 1.165) is 16.7 Å². The second kappa shape index (κ2) is 7.29. The van der Waals surface area contributed by atoms with E-state index in [4.69, 9.17) is 4.42 Å². The number of hydrogen-bond donors (Lipinski definition) is 1. The molecule has 0 aliphatic carbocycles. The van der Waals surface area contributed by atoms with Crippen molar-refractivity contribution in [1.82, 2.24) is 14.5 Å². The lowest BCUT2D eigenvalue weighted by molar-refractivity contribution is -0.116. The molecule has 0 aliphatic rings. The van der Waals surface area contributed by atoms with E-state index in [0.29, 0.717) is 22.6 Å². The summed E-state index contributed by atoms with van der Waals surface area (Å²) in [6.07, 6.45) is 1.23. The summed E-state index contributed by atoms with van der Waals surface area (Å²) in [6.45, 7) is -0.102. The van der Waals surface area contributed by atoms with Crippen molar-refractivity contribution in [1.29, 1.82) is 0 Å². The van der Waals surface area contributed by atoms with E-state index < -0.39 is 0 Å². The van der Waals surface area contributed by atoms with Gasteiger partial charge in [-0.25, -0.2) is 9.97 Å². The predicted octanol–water partition coefficient (Wildman–Crippen LogP) is 3.84. The van der Waals surface area contributed by atoms with Gasteiger partial charge in [-0.15, -0.1) is 0 Å². The van der Waals surface area contributed by atoms with Gasteiger partial charge >= 0.3 is 0 Å². The fourth-order valence-corrected chi connectivity index (χ4v) is 3.31. The highest BCUT2D eigenvalue weighted by Gasteiger charge is 2.11. The van der Waals surface area contributed by atoms with E-state index in [9.17, 15) is 9.59 Å². The van der Waals surface area contributed by atoms with Crippen LogP contribution < -0.4 is 10.9 Å². The molecule has 0 bridgehead atoms. The van der Waals surface area contributed by atoms with Crippen LogP contribution in [0.5, 0.6) is 0 Å². The smallest absolute Gasteiger partial charge is 0.269 e. The minimum absolute atomic E-state index is 0.102. The molecular weight excluding hydrogens is 380 g/mol. The van der Waals surface area contributed by atoms with E-state index >= 15 is 0 Å². The number of para-hydroxylation sites is 4. The standard InChI is InChI=1S/C23H16N4O3/c28-21(14-27-19-7-3-1-5-17(19)24-13-22(27)29)25-16-11-9-15(10-12-16)23-26-18-6-2-4-8-20(18)30-23/h1-13H,14H2,(H,25,28). The first-order valence-electron chi connectivity index (χ1n) is 9.38. The topological polar surface area (TPSA) is 90.0 Å². The van der Waals surface area contributed by atoms with Gasteiger partial charge in [-0.2, -0.15) is 0 Å². The van der Waals surface area contributed by atoms with Crippen LogP contribution in [0.2, 0.25) is 0 Å². The van der Waals surface area contributed by atoms with Gasteiger partial charge in [0.25, 0.3) is 5.56 Å². The predicted molar refractivity (Wildman–Crippen MR) is 114 cm³/mol. The van der Waals surface area contributed by atoms with Crippen molar-refractivity contribution in [2.75, 3.05) is 5.32 Å². The summed E-state index contributed by atoms with van der Waals surface area (Å²) in [5.41, 5.74) is 3.89. The average molecular weight is 396 g/mol. The van der Waals surface area contributed by atoms with Crippen LogP contribution in [0.15, 0.2) is 88.2 Å². The molecule has 0 radical (unpaired) electrons. The molecule has 0 saturated carbocycles. The number of benzene rings is 3. The molecule has 0 saturated heterocycles. The number of carbonyl (C=O) groups is 1. The molecule has 30 heavy (non-hydrogen) atoms.